The molecule has 0 aliphatic carbocycles. The van der Waals surface area contributed by atoms with Crippen LogP contribution in [0.4, 0.5) is 10.5 Å². The molecule has 0 fully saturated rings. The molecule has 3 N–H and O–H groups in total. The van der Waals surface area contributed by atoms with Gasteiger partial charge in [0.05, 0.1) is 23.7 Å². The van der Waals surface area contributed by atoms with Gasteiger partial charge in [-0.05, 0) is 37.1 Å². The summed E-state index contributed by atoms with van der Waals surface area (Å²) in [5.41, 5.74) is 0.532. The molecule has 1 aromatic heterocycles. The third-order valence-electron chi connectivity index (χ3n) is 4.06. The largest absolute Gasteiger partial charge is 0.388 e. The lowest BCUT2D eigenvalue weighted by Gasteiger charge is -2.29. The molecule has 1 heterocycles. The van der Waals surface area contributed by atoms with Crippen molar-refractivity contribution in [2.24, 2.45) is 5.92 Å². The van der Waals surface area contributed by atoms with E-state index >= 15 is 0 Å². The van der Waals surface area contributed by atoms with Crippen LogP contribution in [-0.2, 0) is 0 Å². The first kappa shape index (κ1) is 17.0. The minimum absolute atomic E-state index is 0.101. The summed E-state index contributed by atoms with van der Waals surface area (Å²) in [5.74, 6) is 0.101. The number of rotatable bonds is 6. The van der Waals surface area contributed by atoms with Crippen molar-refractivity contribution in [2.45, 2.75) is 32.8 Å². The molecular weight excluding hydrogens is 294 g/mol. The van der Waals surface area contributed by atoms with E-state index in [1.54, 1.807) is 31.5 Å². The van der Waals surface area contributed by atoms with E-state index in [4.69, 9.17) is 0 Å². The van der Waals surface area contributed by atoms with Crippen molar-refractivity contribution in [3.05, 3.63) is 36.7 Å². The van der Waals surface area contributed by atoms with E-state index in [2.05, 4.69) is 20.8 Å². The van der Waals surface area contributed by atoms with E-state index in [1.165, 1.54) is 4.80 Å². The van der Waals surface area contributed by atoms with Crippen LogP contribution in [0.25, 0.3) is 5.69 Å². The fraction of sp³-hybridized carbons (Fsp3) is 0.438. The number of urea groups is 1. The molecule has 0 spiro atoms. The molecule has 0 saturated heterocycles. The van der Waals surface area contributed by atoms with Crippen molar-refractivity contribution < 1.29 is 9.90 Å². The Morgan fingerprint density at radius 3 is 2.48 bits per heavy atom. The lowest BCUT2D eigenvalue weighted by molar-refractivity contribution is 0.00827. The minimum Gasteiger partial charge on any atom is -0.388 e. The smallest absolute Gasteiger partial charge is 0.319 e. The van der Waals surface area contributed by atoms with Gasteiger partial charge in [0.1, 0.15) is 0 Å². The monoisotopic (exact) mass is 317 g/mol. The number of aromatic nitrogens is 3. The average Bonchev–Trinajstić information content (AvgIpc) is 3.07. The molecule has 0 aliphatic heterocycles. The number of amides is 2. The summed E-state index contributed by atoms with van der Waals surface area (Å²) in [5, 5.41) is 23.8. The maximum Gasteiger partial charge on any atom is 0.319 e. The van der Waals surface area contributed by atoms with Crippen LogP contribution in [0.3, 0.4) is 0 Å². The molecule has 0 radical (unpaired) electrons. The molecule has 2 atom stereocenters. The number of nitrogens with zero attached hydrogens (tertiary/aromatic N) is 3. The normalized spacial score (nSPS) is 14.8. The van der Waals surface area contributed by atoms with Gasteiger partial charge >= 0.3 is 6.03 Å². The van der Waals surface area contributed by atoms with Crippen molar-refractivity contribution >= 4 is 11.7 Å². The molecule has 23 heavy (non-hydrogen) atoms. The van der Waals surface area contributed by atoms with Crippen molar-refractivity contribution in [3.63, 3.8) is 0 Å². The van der Waals surface area contributed by atoms with E-state index < -0.39 is 5.60 Å². The molecule has 2 rings (SSSR count). The van der Waals surface area contributed by atoms with Crippen LogP contribution in [0, 0.1) is 5.92 Å². The van der Waals surface area contributed by atoms with Crippen molar-refractivity contribution in [2.75, 3.05) is 11.9 Å². The Balaban J connectivity index is 1.88. The number of anilines is 1. The molecule has 2 amide bonds. The van der Waals surface area contributed by atoms with Gasteiger partial charge in [0.25, 0.3) is 0 Å². The Morgan fingerprint density at radius 1 is 1.30 bits per heavy atom. The summed E-state index contributed by atoms with van der Waals surface area (Å²) in [6.07, 6.45) is 4.05. The predicted molar refractivity (Wildman–Crippen MR) is 88.5 cm³/mol. The topological polar surface area (TPSA) is 92.1 Å². The first-order valence-corrected chi connectivity index (χ1v) is 7.66. The van der Waals surface area contributed by atoms with Crippen LogP contribution in [0.15, 0.2) is 36.7 Å². The first-order valence-electron chi connectivity index (χ1n) is 7.66. The second kappa shape index (κ2) is 7.23. The third-order valence-corrected chi connectivity index (χ3v) is 4.06. The highest BCUT2D eigenvalue weighted by atomic mass is 16.3. The molecule has 0 saturated carbocycles. The van der Waals surface area contributed by atoms with Crippen LogP contribution in [0.5, 0.6) is 0 Å². The van der Waals surface area contributed by atoms with E-state index in [-0.39, 0.29) is 18.5 Å². The fourth-order valence-corrected chi connectivity index (χ4v) is 2.08. The molecular formula is C16H23N5O2. The zero-order valence-corrected chi connectivity index (χ0v) is 13.7. The lowest BCUT2D eigenvalue weighted by Crippen LogP contribution is -2.46. The number of carbonyl (C=O) groups is 1. The summed E-state index contributed by atoms with van der Waals surface area (Å²) in [6.45, 7) is 5.90. The molecule has 2 unspecified atom stereocenters. The Hall–Kier alpha value is -2.41. The average molecular weight is 317 g/mol. The number of hydrogen-bond acceptors (Lipinski definition) is 4. The maximum absolute atomic E-state index is 11.9. The van der Waals surface area contributed by atoms with Crippen LogP contribution < -0.4 is 10.6 Å². The summed E-state index contributed by atoms with van der Waals surface area (Å²) in [6, 6.07) is 6.81. The molecule has 0 aliphatic rings. The highest BCUT2D eigenvalue weighted by Crippen LogP contribution is 2.19. The quantitative estimate of drug-likeness (QED) is 0.761. The van der Waals surface area contributed by atoms with Gasteiger partial charge in [-0.1, -0.05) is 20.3 Å². The molecule has 7 nitrogen and oxygen atoms in total. The third kappa shape index (κ3) is 4.53. The van der Waals surface area contributed by atoms with Crippen molar-refractivity contribution in [1.82, 2.24) is 20.3 Å². The van der Waals surface area contributed by atoms with E-state index in [9.17, 15) is 9.90 Å². The second-order valence-corrected chi connectivity index (χ2v) is 5.84. The Kier molecular flexibility index (Phi) is 5.33. The van der Waals surface area contributed by atoms with Crippen LogP contribution >= 0.6 is 0 Å². The van der Waals surface area contributed by atoms with Gasteiger partial charge < -0.3 is 15.7 Å². The molecule has 124 valence electrons. The van der Waals surface area contributed by atoms with Gasteiger partial charge in [-0.2, -0.15) is 15.0 Å². The van der Waals surface area contributed by atoms with Gasteiger partial charge in [-0.15, -0.1) is 0 Å². The standard InChI is InChI=1S/C16H23N5O2/c1-4-12(2)16(3,23)11-17-15(22)20-13-5-7-14(8-6-13)21-18-9-10-19-21/h5-10,12,23H,4,11H2,1-3H3,(H2,17,20,22). The van der Waals surface area contributed by atoms with Crippen molar-refractivity contribution in [1.29, 1.82) is 0 Å². The number of benzene rings is 1. The van der Waals surface area contributed by atoms with Crippen LogP contribution in [0.2, 0.25) is 0 Å². The number of carbonyl (C=O) groups excluding carboxylic acids is 1. The summed E-state index contributed by atoms with van der Waals surface area (Å²) >= 11 is 0. The summed E-state index contributed by atoms with van der Waals surface area (Å²) < 4.78 is 0. The SMILES string of the molecule is CCC(C)C(C)(O)CNC(=O)Nc1ccc(-n2nccn2)cc1. The number of nitrogens with one attached hydrogen (secondary N) is 2. The van der Waals surface area contributed by atoms with Gasteiger partial charge in [-0.3, -0.25) is 0 Å². The van der Waals surface area contributed by atoms with Gasteiger partial charge in [0.2, 0.25) is 0 Å². The Morgan fingerprint density at radius 2 is 1.91 bits per heavy atom. The highest BCUT2D eigenvalue weighted by molar-refractivity contribution is 5.89. The molecule has 7 heteroatoms. The number of hydrogen-bond donors (Lipinski definition) is 3. The lowest BCUT2D eigenvalue weighted by atomic mass is 9.89. The van der Waals surface area contributed by atoms with E-state index in [1.807, 2.05) is 26.0 Å². The Labute approximate surface area is 135 Å². The highest BCUT2D eigenvalue weighted by Gasteiger charge is 2.27. The van der Waals surface area contributed by atoms with E-state index in [0.717, 1.165) is 12.1 Å². The predicted octanol–water partition coefficient (Wildman–Crippen LogP) is 2.19. The van der Waals surface area contributed by atoms with Gasteiger partial charge in [0.15, 0.2) is 0 Å². The fourth-order valence-electron chi connectivity index (χ4n) is 2.08. The zero-order valence-electron chi connectivity index (χ0n) is 13.7. The van der Waals surface area contributed by atoms with Gasteiger partial charge in [0, 0.05) is 12.2 Å². The summed E-state index contributed by atoms with van der Waals surface area (Å²) in [7, 11) is 0. The first-order chi connectivity index (χ1) is 10.9. The molecule has 2 aromatic rings. The van der Waals surface area contributed by atoms with Crippen LogP contribution in [-0.4, -0.2) is 38.3 Å². The van der Waals surface area contributed by atoms with E-state index in [0.29, 0.717) is 5.69 Å². The minimum atomic E-state index is -0.929. The zero-order chi connectivity index (χ0) is 16.9. The summed E-state index contributed by atoms with van der Waals surface area (Å²) in [4.78, 5) is 13.4. The molecule has 1 aromatic carbocycles. The van der Waals surface area contributed by atoms with Crippen LogP contribution in [0.1, 0.15) is 27.2 Å². The maximum atomic E-state index is 11.9. The van der Waals surface area contributed by atoms with Crippen molar-refractivity contribution in [3.8, 4) is 5.69 Å². The number of aliphatic hydroxyl groups is 1. The molecule has 0 bridgehead atoms. The Bertz CT molecular complexity index is 622. The van der Waals surface area contributed by atoms with Gasteiger partial charge in [-0.25, -0.2) is 4.79 Å². The second-order valence-electron chi connectivity index (χ2n) is 5.84.